The van der Waals surface area contributed by atoms with E-state index in [1.54, 1.807) is 20.2 Å². The number of carbonyl (C=O) groups excluding carboxylic acids is 5. The minimum Gasteiger partial charge on any atom is -0.507 e. The molecule has 0 aromatic heterocycles. The first-order chi connectivity index (χ1) is 19.9. The number of nitrogens with two attached hydrogens (primary N) is 1. The Labute approximate surface area is 242 Å². The summed E-state index contributed by atoms with van der Waals surface area (Å²) in [4.78, 5) is 68.1. The summed E-state index contributed by atoms with van der Waals surface area (Å²) in [6, 6.07) is 11.6. The Balaban J connectivity index is 1.54. The number of hydrogen-bond acceptors (Lipinski definition) is 10. The maximum atomic E-state index is 13.9. The van der Waals surface area contributed by atoms with E-state index in [9.17, 15) is 34.2 Å². The number of carbonyl (C=O) groups is 5. The van der Waals surface area contributed by atoms with Crippen LogP contribution in [0.25, 0.3) is 11.1 Å². The van der Waals surface area contributed by atoms with Gasteiger partial charge >= 0.3 is 0 Å². The number of phenols is 1. The lowest BCUT2D eigenvalue weighted by Crippen LogP contribution is -2.74. The van der Waals surface area contributed by atoms with Crippen molar-refractivity contribution < 1.29 is 34.2 Å². The Hall–Kier alpha value is -4.24. The van der Waals surface area contributed by atoms with Crippen LogP contribution in [0.5, 0.6) is 5.75 Å². The topological polar surface area (TPSA) is 191 Å². The highest BCUT2D eigenvalue weighted by Gasteiger charge is 2.69. The molecule has 3 aliphatic carbocycles. The van der Waals surface area contributed by atoms with Crippen molar-refractivity contribution in [3.63, 3.8) is 0 Å². The van der Waals surface area contributed by atoms with Gasteiger partial charge < -0.3 is 21.3 Å². The number of aliphatic hydroxyl groups is 1. The van der Waals surface area contributed by atoms with Gasteiger partial charge in [0, 0.05) is 25.4 Å². The minimum absolute atomic E-state index is 0.00764. The third-order valence-corrected chi connectivity index (χ3v) is 8.95. The summed E-state index contributed by atoms with van der Waals surface area (Å²) in [6.45, 7) is 1.14. The molecule has 0 aliphatic heterocycles. The Morgan fingerprint density at radius 1 is 1.12 bits per heavy atom. The number of Topliss-reactive ketones (excluding diaryl/α,β-unsaturated/α-hetero) is 4. The van der Waals surface area contributed by atoms with Crippen LogP contribution in [0.15, 0.2) is 36.4 Å². The van der Waals surface area contributed by atoms with Gasteiger partial charge in [0.15, 0.2) is 34.7 Å². The van der Waals surface area contributed by atoms with Gasteiger partial charge in [-0.1, -0.05) is 30.3 Å². The molecule has 6 atom stereocenters. The van der Waals surface area contributed by atoms with Gasteiger partial charge in [-0.3, -0.25) is 28.9 Å². The van der Waals surface area contributed by atoms with Crippen molar-refractivity contribution in [2.45, 2.75) is 37.5 Å². The molecule has 0 heterocycles. The largest absolute Gasteiger partial charge is 0.507 e. The number of rotatable bonds is 7. The van der Waals surface area contributed by atoms with Gasteiger partial charge in [-0.2, -0.15) is 5.26 Å². The molecule has 2 fully saturated rings. The molecule has 218 valence electrons. The van der Waals surface area contributed by atoms with E-state index in [0.29, 0.717) is 30.6 Å². The van der Waals surface area contributed by atoms with Crippen LogP contribution in [0.1, 0.15) is 34.3 Å². The van der Waals surface area contributed by atoms with E-state index in [2.05, 4.69) is 11.4 Å². The number of aromatic hydroxyl groups is 1. The number of nitrogens with zero attached hydrogens (tertiary/aromatic N) is 2. The van der Waals surface area contributed by atoms with Gasteiger partial charge in [0.1, 0.15) is 5.75 Å². The summed E-state index contributed by atoms with van der Waals surface area (Å²) in [5.41, 5.74) is 5.59. The van der Waals surface area contributed by atoms with Crippen LogP contribution in [0.3, 0.4) is 0 Å². The molecule has 42 heavy (non-hydrogen) atoms. The third-order valence-electron chi connectivity index (χ3n) is 8.95. The monoisotopic (exact) mass is 572 g/mol. The molecule has 6 unspecified atom stereocenters. The fourth-order valence-corrected chi connectivity index (χ4v) is 7.05. The highest BCUT2D eigenvalue weighted by Crippen LogP contribution is 2.51. The molecule has 11 heteroatoms. The summed E-state index contributed by atoms with van der Waals surface area (Å²) in [6.07, 6.45) is 0.581. The molecule has 2 aromatic carbocycles. The molecular weight excluding hydrogens is 540 g/mol. The van der Waals surface area contributed by atoms with Gasteiger partial charge in [-0.15, -0.1) is 0 Å². The zero-order valence-electron chi connectivity index (χ0n) is 23.3. The minimum atomic E-state index is -2.75. The molecule has 0 radical (unpaired) electrons. The van der Waals surface area contributed by atoms with Crippen LogP contribution in [0.4, 0.5) is 0 Å². The van der Waals surface area contributed by atoms with E-state index in [0.717, 1.165) is 11.1 Å². The number of phenolic OH excluding ortho intramolecular Hbond substituents is 1. The molecule has 3 aliphatic rings. The van der Waals surface area contributed by atoms with Gasteiger partial charge in [0.05, 0.1) is 23.6 Å². The van der Waals surface area contributed by atoms with Gasteiger partial charge in [0.25, 0.3) is 0 Å². The number of nitriles is 1. The molecule has 2 aromatic rings. The molecule has 1 amide bonds. The van der Waals surface area contributed by atoms with E-state index in [1.807, 2.05) is 24.3 Å². The van der Waals surface area contributed by atoms with E-state index < -0.39 is 64.4 Å². The number of ketones is 4. The van der Waals surface area contributed by atoms with Crippen LogP contribution in [0, 0.1) is 35.0 Å². The molecule has 0 spiro atoms. The van der Waals surface area contributed by atoms with Crippen molar-refractivity contribution in [2.75, 3.05) is 20.6 Å². The van der Waals surface area contributed by atoms with E-state index >= 15 is 0 Å². The van der Waals surface area contributed by atoms with Gasteiger partial charge in [-0.05, 0) is 61.2 Å². The SMILES string of the molecule is CN(C)C1C(=O)C(C(N)=O)C(=O)C2(O)C(=O)C3C(=O)c4c(O)ccc(-c5ccc(CNCCC#N)cc5)c4CC3CC12. The van der Waals surface area contributed by atoms with Crippen LogP contribution < -0.4 is 11.1 Å². The Morgan fingerprint density at radius 3 is 2.43 bits per heavy atom. The number of amides is 1. The first-order valence-corrected chi connectivity index (χ1v) is 13.8. The quantitative estimate of drug-likeness (QED) is 0.269. The van der Waals surface area contributed by atoms with Crippen molar-refractivity contribution in [2.24, 2.45) is 29.4 Å². The molecular formula is C31H32N4O7. The first kappa shape index (κ1) is 29.3. The highest BCUT2D eigenvalue weighted by molar-refractivity contribution is 6.32. The molecule has 0 saturated heterocycles. The van der Waals surface area contributed by atoms with Crippen molar-refractivity contribution in [1.29, 1.82) is 5.26 Å². The second kappa shape index (κ2) is 10.9. The Morgan fingerprint density at radius 2 is 1.81 bits per heavy atom. The van der Waals surface area contributed by atoms with Gasteiger partial charge in [-0.25, -0.2) is 0 Å². The smallest absolute Gasteiger partial charge is 0.235 e. The van der Waals surface area contributed by atoms with Gasteiger partial charge in [0.2, 0.25) is 5.91 Å². The zero-order valence-corrected chi connectivity index (χ0v) is 23.3. The first-order valence-electron chi connectivity index (χ1n) is 13.8. The second-order valence-corrected chi connectivity index (χ2v) is 11.6. The van der Waals surface area contributed by atoms with Crippen molar-refractivity contribution in [3.05, 3.63) is 53.1 Å². The van der Waals surface area contributed by atoms with Crippen molar-refractivity contribution in [1.82, 2.24) is 10.2 Å². The summed E-state index contributed by atoms with van der Waals surface area (Å²) in [5.74, 6) is -10.7. The number of hydrogen-bond donors (Lipinski definition) is 4. The maximum absolute atomic E-state index is 13.9. The summed E-state index contributed by atoms with van der Waals surface area (Å²) in [7, 11) is 3.10. The zero-order chi connectivity index (χ0) is 30.5. The molecule has 2 saturated carbocycles. The average Bonchev–Trinajstić information content (AvgIpc) is 2.93. The van der Waals surface area contributed by atoms with Crippen LogP contribution >= 0.6 is 0 Å². The number of likely N-dealkylation sites (N-methyl/N-ethyl adjacent to an activating group) is 1. The molecule has 11 nitrogen and oxygen atoms in total. The summed E-state index contributed by atoms with van der Waals surface area (Å²) >= 11 is 0. The second-order valence-electron chi connectivity index (χ2n) is 11.6. The van der Waals surface area contributed by atoms with E-state index in [-0.39, 0.29) is 24.2 Å². The van der Waals surface area contributed by atoms with Crippen molar-refractivity contribution in [3.8, 4) is 22.9 Å². The van der Waals surface area contributed by atoms with Crippen LogP contribution in [0.2, 0.25) is 0 Å². The molecule has 5 N–H and O–H groups in total. The predicted molar refractivity (Wildman–Crippen MR) is 149 cm³/mol. The lowest BCUT2D eigenvalue weighted by Gasteiger charge is -2.52. The predicted octanol–water partition coefficient (Wildman–Crippen LogP) is 0.537. The highest BCUT2D eigenvalue weighted by atomic mass is 16.3. The van der Waals surface area contributed by atoms with E-state index in [4.69, 9.17) is 11.0 Å². The van der Waals surface area contributed by atoms with Crippen molar-refractivity contribution >= 4 is 29.0 Å². The normalized spacial score (nSPS) is 28.6. The summed E-state index contributed by atoms with van der Waals surface area (Å²) in [5, 5.41) is 34.3. The lowest BCUT2D eigenvalue weighted by molar-refractivity contribution is -0.181. The number of fused-ring (bicyclic) bond motifs is 3. The Bertz CT molecular complexity index is 1540. The third kappa shape index (κ3) is 4.43. The molecule has 0 bridgehead atoms. The average molecular weight is 573 g/mol. The van der Waals surface area contributed by atoms with Crippen LogP contribution in [-0.4, -0.2) is 76.4 Å². The van der Waals surface area contributed by atoms with Crippen LogP contribution in [-0.2, 0) is 32.1 Å². The number of primary amides is 1. The maximum Gasteiger partial charge on any atom is 0.235 e. The standard InChI is InChI=1S/C31H32N4O7/c1-35(2)25-20-13-17-12-19-18(16-6-4-15(5-7-16)14-34-11-3-10-32)8-9-21(36)23(19)26(37)22(17)28(39)31(20,42)29(40)24(27(25)38)30(33)41/h4-9,17,20,22,24-25,34,36,42H,3,11-14H2,1-2H3,(H2,33,41). The molecule has 5 rings (SSSR count). The van der Waals surface area contributed by atoms with E-state index in [1.165, 1.54) is 11.0 Å². The fourth-order valence-electron chi connectivity index (χ4n) is 7.05. The lowest BCUT2D eigenvalue weighted by atomic mass is 9.52. The Kier molecular flexibility index (Phi) is 7.57. The summed E-state index contributed by atoms with van der Waals surface area (Å²) < 4.78 is 0. The fraction of sp³-hybridized carbons (Fsp3) is 0.419. The number of nitrogens with one attached hydrogen (secondary N) is 1. The number of benzene rings is 2.